The van der Waals surface area contributed by atoms with Crippen molar-refractivity contribution in [2.45, 2.75) is 6.92 Å². The van der Waals surface area contributed by atoms with E-state index in [0.29, 0.717) is 34.1 Å². The molecule has 0 N–H and O–H groups in total. The highest BCUT2D eigenvalue weighted by Crippen LogP contribution is 2.41. The summed E-state index contributed by atoms with van der Waals surface area (Å²) in [4.78, 5) is 11.3. The SMILES string of the molecule is COc1cc(-c2nnc(-c3ccccc3OC(C)=O)o2)cc(OC)c1OC. The molecule has 1 heterocycles. The fourth-order valence-electron chi connectivity index (χ4n) is 2.54. The second-order valence-electron chi connectivity index (χ2n) is 5.42. The molecule has 8 nitrogen and oxygen atoms in total. The van der Waals surface area contributed by atoms with E-state index in [1.165, 1.54) is 28.3 Å². The first-order valence-electron chi connectivity index (χ1n) is 7.99. The minimum absolute atomic E-state index is 0.218. The lowest BCUT2D eigenvalue weighted by Gasteiger charge is -2.12. The fraction of sp³-hybridized carbons (Fsp3) is 0.211. The van der Waals surface area contributed by atoms with Crippen LogP contribution in [0.25, 0.3) is 22.9 Å². The van der Waals surface area contributed by atoms with Crippen LogP contribution in [0.4, 0.5) is 0 Å². The summed E-state index contributed by atoms with van der Waals surface area (Å²) >= 11 is 0. The number of hydrogen-bond acceptors (Lipinski definition) is 8. The molecule has 0 atom stereocenters. The second kappa shape index (κ2) is 7.77. The second-order valence-corrected chi connectivity index (χ2v) is 5.42. The summed E-state index contributed by atoms with van der Waals surface area (Å²) in [5.41, 5.74) is 1.10. The van der Waals surface area contributed by atoms with Gasteiger partial charge < -0.3 is 23.4 Å². The number of benzene rings is 2. The van der Waals surface area contributed by atoms with Crippen LogP contribution >= 0.6 is 0 Å². The highest BCUT2D eigenvalue weighted by molar-refractivity contribution is 5.74. The van der Waals surface area contributed by atoms with Crippen LogP contribution in [0.5, 0.6) is 23.0 Å². The van der Waals surface area contributed by atoms with Gasteiger partial charge in [0.05, 0.1) is 26.9 Å². The molecular weight excluding hydrogens is 352 g/mol. The van der Waals surface area contributed by atoms with E-state index in [0.717, 1.165) is 0 Å². The Balaban J connectivity index is 2.03. The Bertz CT molecular complexity index is 941. The topological polar surface area (TPSA) is 92.9 Å². The largest absolute Gasteiger partial charge is 0.493 e. The number of para-hydroxylation sites is 1. The van der Waals surface area contributed by atoms with Crippen LogP contribution in [0, 0.1) is 0 Å². The molecule has 0 aliphatic heterocycles. The van der Waals surface area contributed by atoms with Crippen LogP contribution in [0.2, 0.25) is 0 Å². The number of hydrogen-bond donors (Lipinski definition) is 0. The lowest BCUT2D eigenvalue weighted by Crippen LogP contribution is -2.02. The molecule has 0 fully saturated rings. The standard InChI is InChI=1S/C19H18N2O6/c1-11(22)26-14-8-6-5-7-13(14)19-21-20-18(27-19)12-9-15(23-2)17(25-4)16(10-12)24-3/h5-10H,1-4H3. The normalized spacial score (nSPS) is 10.4. The van der Waals surface area contributed by atoms with Crippen molar-refractivity contribution >= 4 is 5.97 Å². The third-order valence-electron chi connectivity index (χ3n) is 3.71. The molecule has 0 radical (unpaired) electrons. The van der Waals surface area contributed by atoms with Gasteiger partial charge >= 0.3 is 5.97 Å². The summed E-state index contributed by atoms with van der Waals surface area (Å²) < 4.78 is 27.0. The van der Waals surface area contributed by atoms with Crippen LogP contribution in [0.3, 0.4) is 0 Å². The van der Waals surface area contributed by atoms with E-state index < -0.39 is 5.97 Å². The van der Waals surface area contributed by atoms with Crippen molar-refractivity contribution in [3.63, 3.8) is 0 Å². The maximum absolute atomic E-state index is 11.3. The maximum atomic E-state index is 11.3. The fourth-order valence-corrected chi connectivity index (χ4v) is 2.54. The van der Waals surface area contributed by atoms with Crippen molar-refractivity contribution < 1.29 is 28.2 Å². The Morgan fingerprint density at radius 2 is 1.52 bits per heavy atom. The summed E-state index contributed by atoms with van der Waals surface area (Å²) in [6, 6.07) is 10.3. The van der Waals surface area contributed by atoms with Crippen LogP contribution in [-0.2, 0) is 4.79 Å². The number of esters is 1. The van der Waals surface area contributed by atoms with Gasteiger partial charge in [-0.1, -0.05) is 12.1 Å². The number of carbonyl (C=O) groups excluding carboxylic acids is 1. The number of nitrogens with zero attached hydrogens (tertiary/aromatic N) is 2. The van der Waals surface area contributed by atoms with E-state index >= 15 is 0 Å². The molecule has 27 heavy (non-hydrogen) atoms. The summed E-state index contributed by atoms with van der Waals surface area (Å²) in [5.74, 6) is 1.76. The van der Waals surface area contributed by atoms with E-state index in [1.807, 2.05) is 0 Å². The molecular formula is C19H18N2O6. The summed E-state index contributed by atoms with van der Waals surface area (Å²) in [6.07, 6.45) is 0. The minimum atomic E-state index is -0.438. The van der Waals surface area contributed by atoms with E-state index in [-0.39, 0.29) is 11.8 Å². The number of carbonyl (C=O) groups is 1. The molecule has 0 amide bonds. The quantitative estimate of drug-likeness (QED) is 0.482. The third kappa shape index (κ3) is 3.69. The molecule has 2 aromatic carbocycles. The van der Waals surface area contributed by atoms with E-state index in [1.54, 1.807) is 36.4 Å². The molecule has 0 saturated carbocycles. The Hall–Kier alpha value is -3.55. The molecule has 0 saturated heterocycles. The molecule has 0 aliphatic carbocycles. The smallest absolute Gasteiger partial charge is 0.308 e. The summed E-state index contributed by atoms with van der Waals surface area (Å²) in [7, 11) is 4.57. The lowest BCUT2D eigenvalue weighted by atomic mass is 10.2. The number of ether oxygens (including phenoxy) is 4. The Morgan fingerprint density at radius 3 is 2.11 bits per heavy atom. The Kier molecular flexibility index (Phi) is 5.25. The van der Waals surface area contributed by atoms with Crippen LogP contribution < -0.4 is 18.9 Å². The molecule has 0 unspecified atom stereocenters. The van der Waals surface area contributed by atoms with E-state index in [4.69, 9.17) is 23.4 Å². The predicted octanol–water partition coefficient (Wildman–Crippen LogP) is 3.35. The van der Waals surface area contributed by atoms with Gasteiger partial charge in [-0.3, -0.25) is 4.79 Å². The Labute approximate surface area is 155 Å². The number of methoxy groups -OCH3 is 3. The monoisotopic (exact) mass is 370 g/mol. The van der Waals surface area contributed by atoms with E-state index in [2.05, 4.69) is 10.2 Å². The van der Waals surface area contributed by atoms with Crippen LogP contribution in [0.1, 0.15) is 6.92 Å². The number of rotatable bonds is 6. The Morgan fingerprint density at radius 1 is 0.889 bits per heavy atom. The summed E-state index contributed by atoms with van der Waals surface area (Å²) in [5, 5.41) is 8.14. The minimum Gasteiger partial charge on any atom is -0.493 e. The number of aromatic nitrogens is 2. The van der Waals surface area contributed by atoms with Crippen LogP contribution in [-0.4, -0.2) is 37.5 Å². The molecule has 3 aromatic rings. The van der Waals surface area contributed by atoms with Gasteiger partial charge in [0.15, 0.2) is 11.5 Å². The van der Waals surface area contributed by atoms with Crippen molar-refractivity contribution in [2.75, 3.05) is 21.3 Å². The maximum Gasteiger partial charge on any atom is 0.308 e. The molecule has 0 bridgehead atoms. The van der Waals surface area contributed by atoms with Gasteiger partial charge in [0.25, 0.3) is 5.89 Å². The first-order valence-corrected chi connectivity index (χ1v) is 7.99. The van der Waals surface area contributed by atoms with Crippen molar-refractivity contribution in [1.82, 2.24) is 10.2 Å². The molecule has 3 rings (SSSR count). The zero-order chi connectivity index (χ0) is 19.4. The van der Waals surface area contributed by atoms with Crippen molar-refractivity contribution in [2.24, 2.45) is 0 Å². The summed E-state index contributed by atoms with van der Waals surface area (Å²) in [6.45, 7) is 1.33. The molecule has 140 valence electrons. The van der Waals surface area contributed by atoms with Crippen LogP contribution in [0.15, 0.2) is 40.8 Å². The first-order chi connectivity index (χ1) is 13.1. The molecule has 0 aliphatic rings. The van der Waals surface area contributed by atoms with Gasteiger partial charge in [-0.2, -0.15) is 0 Å². The first kappa shape index (κ1) is 18.2. The zero-order valence-electron chi connectivity index (χ0n) is 15.3. The average molecular weight is 370 g/mol. The van der Waals surface area contributed by atoms with Gasteiger partial charge in [0.1, 0.15) is 5.75 Å². The lowest BCUT2D eigenvalue weighted by molar-refractivity contribution is -0.131. The molecule has 1 aromatic heterocycles. The van der Waals surface area contributed by atoms with Gasteiger partial charge in [0, 0.05) is 12.5 Å². The van der Waals surface area contributed by atoms with Crippen molar-refractivity contribution in [1.29, 1.82) is 0 Å². The van der Waals surface area contributed by atoms with Gasteiger partial charge in [-0.05, 0) is 24.3 Å². The third-order valence-corrected chi connectivity index (χ3v) is 3.71. The van der Waals surface area contributed by atoms with E-state index in [9.17, 15) is 4.79 Å². The molecule has 0 spiro atoms. The van der Waals surface area contributed by atoms with Crippen molar-refractivity contribution in [3.8, 4) is 45.9 Å². The van der Waals surface area contributed by atoms with Gasteiger partial charge in [-0.25, -0.2) is 0 Å². The van der Waals surface area contributed by atoms with Crippen molar-refractivity contribution in [3.05, 3.63) is 36.4 Å². The molecule has 8 heteroatoms. The highest BCUT2D eigenvalue weighted by atomic mass is 16.5. The highest BCUT2D eigenvalue weighted by Gasteiger charge is 2.19. The van der Waals surface area contributed by atoms with Gasteiger partial charge in [0.2, 0.25) is 11.6 Å². The average Bonchev–Trinajstić information content (AvgIpc) is 3.16. The zero-order valence-corrected chi connectivity index (χ0v) is 15.3. The predicted molar refractivity (Wildman–Crippen MR) is 96.1 cm³/mol. The van der Waals surface area contributed by atoms with Gasteiger partial charge in [-0.15, -0.1) is 10.2 Å².